The lowest BCUT2D eigenvalue weighted by Gasteiger charge is -2.38. The summed E-state index contributed by atoms with van der Waals surface area (Å²) >= 11 is 6.07. The Morgan fingerprint density at radius 3 is 2.22 bits per heavy atom. The largest absolute Gasteiger partial charge is 0.293 e. The van der Waals surface area contributed by atoms with Crippen molar-refractivity contribution >= 4 is 28.7 Å². The van der Waals surface area contributed by atoms with Crippen LogP contribution in [0, 0.1) is 5.41 Å². The van der Waals surface area contributed by atoms with Crippen LogP contribution in [0.25, 0.3) is 0 Å². The van der Waals surface area contributed by atoms with Crippen LogP contribution in [0.5, 0.6) is 0 Å². The van der Waals surface area contributed by atoms with Crippen LogP contribution in [-0.2, 0) is 0 Å². The van der Waals surface area contributed by atoms with Gasteiger partial charge >= 0.3 is 0 Å². The molecule has 1 aromatic rings. The fourth-order valence-electron chi connectivity index (χ4n) is 5.10. The van der Waals surface area contributed by atoms with E-state index in [-0.39, 0.29) is 5.41 Å². The maximum Gasteiger partial charge on any atom is 0.127 e. The smallest absolute Gasteiger partial charge is 0.127 e. The van der Waals surface area contributed by atoms with Crippen molar-refractivity contribution in [1.82, 2.24) is 4.90 Å². The lowest BCUT2D eigenvalue weighted by atomic mass is 9.85. The quantitative estimate of drug-likeness (QED) is 0.647. The van der Waals surface area contributed by atoms with Crippen LogP contribution < -0.4 is 4.90 Å². The lowest BCUT2D eigenvalue weighted by molar-refractivity contribution is 0.154. The standard InChI is InChI=1S/C23H33N3S/c1-23(2)20(25-16-10-5-11-17-25)21(24-18-12-6-3-7-13-18)26(22(23)27)19-14-8-4-9-15-19/h4,8-9,14-15,18,20H,3,5-7,10-13,16-17H2,1-2H3/t20-/m1/s1. The van der Waals surface area contributed by atoms with E-state index >= 15 is 0 Å². The van der Waals surface area contributed by atoms with Crippen molar-refractivity contribution in [1.29, 1.82) is 0 Å². The second kappa shape index (κ2) is 8.00. The number of amidine groups is 1. The van der Waals surface area contributed by atoms with Crippen molar-refractivity contribution in [2.45, 2.75) is 77.3 Å². The van der Waals surface area contributed by atoms with Crippen LogP contribution in [0.3, 0.4) is 0 Å². The van der Waals surface area contributed by atoms with Crippen molar-refractivity contribution in [2.75, 3.05) is 18.0 Å². The van der Waals surface area contributed by atoms with Crippen LogP contribution in [0.2, 0.25) is 0 Å². The molecule has 2 aliphatic heterocycles. The number of nitrogens with zero attached hydrogens (tertiary/aromatic N) is 3. The van der Waals surface area contributed by atoms with Gasteiger partial charge in [0.2, 0.25) is 0 Å². The summed E-state index contributed by atoms with van der Waals surface area (Å²) in [5.41, 5.74) is 1.10. The van der Waals surface area contributed by atoms with Crippen molar-refractivity contribution in [2.24, 2.45) is 10.4 Å². The van der Waals surface area contributed by atoms with Crippen molar-refractivity contribution in [3.63, 3.8) is 0 Å². The zero-order valence-electron chi connectivity index (χ0n) is 16.9. The van der Waals surface area contributed by atoms with Crippen LogP contribution in [-0.4, -0.2) is 40.9 Å². The van der Waals surface area contributed by atoms with Crippen molar-refractivity contribution in [3.05, 3.63) is 30.3 Å². The molecule has 4 rings (SSSR count). The zero-order valence-corrected chi connectivity index (χ0v) is 17.7. The first-order chi connectivity index (χ1) is 13.1. The van der Waals surface area contributed by atoms with Gasteiger partial charge in [0.25, 0.3) is 0 Å². The van der Waals surface area contributed by atoms with Gasteiger partial charge in [-0.05, 0) is 50.9 Å². The Kier molecular flexibility index (Phi) is 5.65. The number of thiocarbonyl (C=S) groups is 1. The highest BCUT2D eigenvalue weighted by molar-refractivity contribution is 7.80. The van der Waals surface area contributed by atoms with Gasteiger partial charge in [0, 0.05) is 11.1 Å². The molecule has 2 saturated heterocycles. The fourth-order valence-corrected chi connectivity index (χ4v) is 5.41. The summed E-state index contributed by atoms with van der Waals surface area (Å²) in [6.45, 7) is 6.99. The summed E-state index contributed by atoms with van der Waals surface area (Å²) < 4.78 is 0. The number of benzene rings is 1. The lowest BCUT2D eigenvalue weighted by Crippen LogP contribution is -2.50. The zero-order chi connectivity index (χ0) is 18.9. The maximum absolute atomic E-state index is 6.07. The van der Waals surface area contributed by atoms with Crippen molar-refractivity contribution in [3.8, 4) is 0 Å². The molecule has 0 N–H and O–H groups in total. The predicted molar refractivity (Wildman–Crippen MR) is 119 cm³/mol. The molecule has 0 aromatic heterocycles. The Balaban J connectivity index is 1.76. The van der Waals surface area contributed by atoms with E-state index in [0.29, 0.717) is 12.1 Å². The Labute approximate surface area is 169 Å². The van der Waals surface area contributed by atoms with Gasteiger partial charge in [-0.1, -0.05) is 69.9 Å². The molecule has 27 heavy (non-hydrogen) atoms. The number of likely N-dealkylation sites (tertiary alicyclic amines) is 1. The molecule has 4 heteroatoms. The van der Waals surface area contributed by atoms with Gasteiger partial charge in [-0.2, -0.15) is 0 Å². The summed E-state index contributed by atoms with van der Waals surface area (Å²) in [5, 5.41) is 0. The van der Waals surface area contributed by atoms with Crippen LogP contribution >= 0.6 is 12.2 Å². The molecule has 1 aliphatic carbocycles. The van der Waals surface area contributed by atoms with E-state index in [9.17, 15) is 0 Å². The summed E-state index contributed by atoms with van der Waals surface area (Å²) in [4.78, 5) is 11.4. The molecule has 0 radical (unpaired) electrons. The third kappa shape index (κ3) is 3.71. The molecule has 0 amide bonds. The van der Waals surface area contributed by atoms with Gasteiger partial charge < -0.3 is 0 Å². The summed E-state index contributed by atoms with van der Waals surface area (Å²) in [5.74, 6) is 1.21. The predicted octanol–water partition coefficient (Wildman–Crippen LogP) is 5.45. The average molecular weight is 384 g/mol. The third-order valence-electron chi connectivity index (χ3n) is 6.57. The number of piperidine rings is 1. The number of anilines is 1. The SMILES string of the molecule is CC1(C)C(=S)N(c2ccccc2)C(=NC2CCCCC2)[C@H]1N1CCCCC1. The van der Waals surface area contributed by atoms with Crippen LogP contribution in [0.4, 0.5) is 5.69 Å². The molecule has 0 unspecified atom stereocenters. The van der Waals surface area contributed by atoms with Gasteiger partial charge in [0.05, 0.1) is 17.1 Å². The Bertz CT molecular complexity index is 685. The molecule has 3 nitrogen and oxygen atoms in total. The third-order valence-corrected chi connectivity index (χ3v) is 7.28. The molecule has 1 saturated carbocycles. The van der Waals surface area contributed by atoms with Crippen LogP contribution in [0.15, 0.2) is 35.3 Å². The minimum absolute atomic E-state index is 0.0734. The van der Waals surface area contributed by atoms with Crippen LogP contribution in [0.1, 0.15) is 65.2 Å². The van der Waals surface area contributed by atoms with E-state index in [1.807, 2.05) is 0 Å². The van der Waals surface area contributed by atoms with E-state index in [0.717, 1.165) is 4.99 Å². The molecule has 1 aromatic carbocycles. The fraction of sp³-hybridized carbons (Fsp3) is 0.652. The first-order valence-electron chi connectivity index (χ1n) is 10.8. The highest BCUT2D eigenvalue weighted by Gasteiger charge is 2.52. The normalized spacial score (nSPS) is 28.8. The minimum Gasteiger partial charge on any atom is -0.293 e. The number of rotatable bonds is 3. The van der Waals surface area contributed by atoms with E-state index < -0.39 is 0 Å². The monoisotopic (exact) mass is 383 g/mol. The Morgan fingerprint density at radius 1 is 0.926 bits per heavy atom. The first-order valence-corrected chi connectivity index (χ1v) is 11.2. The Morgan fingerprint density at radius 2 is 1.56 bits per heavy atom. The molecule has 3 aliphatic rings. The van der Waals surface area contributed by atoms with E-state index in [2.05, 4.69) is 54.0 Å². The molecular weight excluding hydrogens is 350 g/mol. The number of para-hydroxylation sites is 1. The van der Waals surface area contributed by atoms with E-state index in [1.165, 1.54) is 76.0 Å². The second-order valence-corrected chi connectivity index (χ2v) is 9.36. The highest BCUT2D eigenvalue weighted by Crippen LogP contribution is 2.41. The average Bonchev–Trinajstić information content (AvgIpc) is 2.89. The van der Waals surface area contributed by atoms with E-state index in [4.69, 9.17) is 17.2 Å². The maximum atomic E-state index is 6.07. The van der Waals surface area contributed by atoms with Gasteiger partial charge in [0.15, 0.2) is 0 Å². The molecule has 146 valence electrons. The molecule has 2 heterocycles. The molecule has 3 fully saturated rings. The first kappa shape index (κ1) is 19.1. The number of hydrogen-bond acceptors (Lipinski definition) is 3. The number of hydrogen-bond donors (Lipinski definition) is 0. The highest BCUT2D eigenvalue weighted by atomic mass is 32.1. The molecule has 1 atom stereocenters. The topological polar surface area (TPSA) is 18.8 Å². The molecule has 0 spiro atoms. The summed E-state index contributed by atoms with van der Waals surface area (Å²) in [6, 6.07) is 11.4. The van der Waals surface area contributed by atoms with Gasteiger partial charge in [-0.15, -0.1) is 0 Å². The van der Waals surface area contributed by atoms with E-state index in [1.54, 1.807) is 0 Å². The van der Waals surface area contributed by atoms with Gasteiger partial charge in [-0.3, -0.25) is 14.8 Å². The van der Waals surface area contributed by atoms with Gasteiger partial charge in [-0.25, -0.2) is 0 Å². The molecule has 0 bridgehead atoms. The summed E-state index contributed by atoms with van der Waals surface area (Å²) in [7, 11) is 0. The Hall–Kier alpha value is -1.26. The minimum atomic E-state index is -0.0734. The second-order valence-electron chi connectivity index (χ2n) is 8.98. The number of aliphatic imine (C=N–C) groups is 1. The van der Waals surface area contributed by atoms with Crippen molar-refractivity contribution < 1.29 is 0 Å². The van der Waals surface area contributed by atoms with Gasteiger partial charge in [0.1, 0.15) is 5.84 Å². The summed E-state index contributed by atoms with van der Waals surface area (Å²) in [6.07, 6.45) is 10.4. The molecular formula is C23H33N3S.